The Labute approximate surface area is 120 Å². The predicted molar refractivity (Wildman–Crippen MR) is 76.5 cm³/mol. The summed E-state index contributed by atoms with van der Waals surface area (Å²) < 4.78 is 27.0. The van der Waals surface area contributed by atoms with Gasteiger partial charge in [-0.1, -0.05) is 0 Å². The first kappa shape index (κ1) is 15.4. The molecule has 0 saturated heterocycles. The highest BCUT2D eigenvalue weighted by Crippen LogP contribution is 2.33. The maximum atomic E-state index is 12.4. The quantitative estimate of drug-likeness (QED) is 0.771. The zero-order chi connectivity index (χ0) is 13.4. The van der Waals surface area contributed by atoms with Crippen LogP contribution in [0.4, 0.5) is 0 Å². The van der Waals surface area contributed by atoms with Crippen LogP contribution in [-0.4, -0.2) is 31.2 Å². The van der Waals surface area contributed by atoms with Gasteiger partial charge in [0.15, 0.2) is 0 Å². The molecule has 7 heteroatoms. The standard InChI is InChI=1S/C10H15BrClNO2S2/c1-7-8(5-9(11)16-7)17(14,15)13(4)10(2,3)6-12/h5H,6H2,1-4H3. The Balaban J connectivity index is 3.25. The van der Waals surface area contributed by atoms with E-state index in [1.165, 1.54) is 15.6 Å². The van der Waals surface area contributed by atoms with Crippen LogP contribution in [0.3, 0.4) is 0 Å². The number of hydrogen-bond donors (Lipinski definition) is 0. The first-order chi connectivity index (χ1) is 7.63. The summed E-state index contributed by atoms with van der Waals surface area (Å²) in [5.41, 5.74) is -0.610. The molecule has 0 fully saturated rings. The van der Waals surface area contributed by atoms with E-state index in [1.807, 2.05) is 0 Å². The summed E-state index contributed by atoms with van der Waals surface area (Å²) in [4.78, 5) is 1.11. The second-order valence-corrected chi connectivity index (χ2v) is 9.23. The van der Waals surface area contributed by atoms with Crippen molar-refractivity contribution in [3.63, 3.8) is 0 Å². The second kappa shape index (κ2) is 5.17. The molecule has 0 unspecified atom stereocenters. The van der Waals surface area contributed by atoms with Crippen LogP contribution >= 0.6 is 38.9 Å². The number of nitrogens with zero attached hydrogens (tertiary/aromatic N) is 1. The molecule has 17 heavy (non-hydrogen) atoms. The second-order valence-electron chi connectivity index (χ2n) is 4.39. The number of halogens is 2. The highest BCUT2D eigenvalue weighted by atomic mass is 79.9. The van der Waals surface area contributed by atoms with Crippen LogP contribution in [0.5, 0.6) is 0 Å². The molecule has 3 nitrogen and oxygen atoms in total. The average molecular weight is 361 g/mol. The molecule has 0 atom stereocenters. The molecule has 1 heterocycles. The van der Waals surface area contributed by atoms with Crippen LogP contribution in [0.2, 0.25) is 0 Å². The number of hydrogen-bond acceptors (Lipinski definition) is 3. The van der Waals surface area contributed by atoms with E-state index in [-0.39, 0.29) is 5.88 Å². The molecule has 1 aromatic heterocycles. The summed E-state index contributed by atoms with van der Waals surface area (Å²) in [7, 11) is -1.93. The lowest BCUT2D eigenvalue weighted by atomic mass is 10.1. The lowest BCUT2D eigenvalue weighted by Gasteiger charge is -2.32. The Bertz CT molecular complexity index is 510. The van der Waals surface area contributed by atoms with Crippen molar-refractivity contribution in [3.8, 4) is 0 Å². The molecular formula is C10H15BrClNO2S2. The number of sulfonamides is 1. The summed E-state index contributed by atoms with van der Waals surface area (Å²) in [5, 5.41) is 0. The van der Waals surface area contributed by atoms with E-state index in [0.29, 0.717) is 4.90 Å². The van der Waals surface area contributed by atoms with Crippen LogP contribution in [0, 0.1) is 6.92 Å². The Kier molecular flexibility index (Phi) is 4.69. The lowest BCUT2D eigenvalue weighted by molar-refractivity contribution is 0.296. The topological polar surface area (TPSA) is 37.4 Å². The zero-order valence-electron chi connectivity index (χ0n) is 10.1. The van der Waals surface area contributed by atoms with Crippen molar-refractivity contribution in [1.82, 2.24) is 4.31 Å². The third-order valence-corrected chi connectivity index (χ3v) is 7.19. The summed E-state index contributed by atoms with van der Waals surface area (Å²) in [6.45, 7) is 5.40. The minimum Gasteiger partial charge on any atom is -0.207 e. The van der Waals surface area contributed by atoms with Crippen LogP contribution in [0.1, 0.15) is 18.7 Å². The zero-order valence-corrected chi connectivity index (χ0v) is 14.1. The molecule has 0 radical (unpaired) electrons. The van der Waals surface area contributed by atoms with Gasteiger partial charge < -0.3 is 0 Å². The average Bonchev–Trinajstić information content (AvgIpc) is 2.57. The van der Waals surface area contributed by atoms with E-state index in [9.17, 15) is 8.42 Å². The maximum Gasteiger partial charge on any atom is 0.244 e. The first-order valence-corrected chi connectivity index (χ1v) is 8.52. The molecule has 1 aromatic rings. The van der Waals surface area contributed by atoms with Crippen molar-refractivity contribution >= 4 is 48.9 Å². The Hall–Kier alpha value is 0.380. The third-order valence-electron chi connectivity index (χ3n) is 2.66. The first-order valence-electron chi connectivity index (χ1n) is 4.94. The molecule has 0 N–H and O–H groups in total. The monoisotopic (exact) mass is 359 g/mol. The Morgan fingerprint density at radius 3 is 2.41 bits per heavy atom. The van der Waals surface area contributed by atoms with Gasteiger partial charge in [-0.15, -0.1) is 22.9 Å². The molecule has 0 saturated carbocycles. The van der Waals surface area contributed by atoms with Crippen LogP contribution < -0.4 is 0 Å². The number of thiophene rings is 1. The SMILES string of the molecule is Cc1sc(Br)cc1S(=O)(=O)N(C)C(C)(C)CCl. The molecule has 1 rings (SSSR count). The predicted octanol–water partition coefficient (Wildman–Crippen LogP) is 3.46. The normalized spacial score (nSPS) is 13.4. The fraction of sp³-hybridized carbons (Fsp3) is 0.600. The van der Waals surface area contributed by atoms with Crippen molar-refractivity contribution < 1.29 is 8.42 Å². The summed E-state index contributed by atoms with van der Waals surface area (Å²) in [6, 6.07) is 1.64. The fourth-order valence-electron chi connectivity index (χ4n) is 1.24. The van der Waals surface area contributed by atoms with Crippen molar-refractivity contribution in [2.75, 3.05) is 12.9 Å². The Morgan fingerprint density at radius 2 is 2.06 bits per heavy atom. The molecule has 0 amide bonds. The lowest BCUT2D eigenvalue weighted by Crippen LogP contribution is -2.46. The van der Waals surface area contributed by atoms with Gasteiger partial charge in [-0.25, -0.2) is 8.42 Å². The van der Waals surface area contributed by atoms with Gasteiger partial charge in [0.1, 0.15) is 0 Å². The van der Waals surface area contributed by atoms with Crippen LogP contribution in [0.15, 0.2) is 14.7 Å². The van der Waals surface area contributed by atoms with Gasteiger partial charge >= 0.3 is 0 Å². The van der Waals surface area contributed by atoms with Crippen molar-refractivity contribution in [3.05, 3.63) is 14.7 Å². The number of aryl methyl sites for hydroxylation is 1. The van der Waals surface area contributed by atoms with E-state index < -0.39 is 15.6 Å². The minimum absolute atomic E-state index is 0.243. The van der Waals surface area contributed by atoms with E-state index in [2.05, 4.69) is 15.9 Å². The molecule has 0 aliphatic heterocycles. The summed E-state index contributed by atoms with van der Waals surface area (Å²) >= 11 is 10.5. The van der Waals surface area contributed by atoms with E-state index in [1.54, 1.807) is 33.9 Å². The fourth-order valence-corrected chi connectivity index (χ4v) is 5.39. The van der Waals surface area contributed by atoms with Gasteiger partial charge in [0.2, 0.25) is 10.0 Å². The number of alkyl halides is 1. The largest absolute Gasteiger partial charge is 0.244 e. The Morgan fingerprint density at radius 1 is 1.53 bits per heavy atom. The summed E-state index contributed by atoms with van der Waals surface area (Å²) in [5.74, 6) is 0.243. The van der Waals surface area contributed by atoms with Crippen molar-refractivity contribution in [2.45, 2.75) is 31.2 Å². The molecule has 0 spiro atoms. The third kappa shape index (κ3) is 3.04. The van der Waals surface area contributed by atoms with E-state index >= 15 is 0 Å². The molecular weight excluding hydrogens is 346 g/mol. The van der Waals surface area contributed by atoms with Crippen LogP contribution in [-0.2, 0) is 10.0 Å². The highest BCUT2D eigenvalue weighted by Gasteiger charge is 2.34. The van der Waals surface area contributed by atoms with Gasteiger partial charge in [-0.05, 0) is 42.8 Å². The molecule has 0 aliphatic carbocycles. The van der Waals surface area contributed by atoms with Gasteiger partial charge in [-0.2, -0.15) is 4.31 Å². The molecule has 0 aromatic carbocycles. The highest BCUT2D eigenvalue weighted by molar-refractivity contribution is 9.11. The van der Waals surface area contributed by atoms with Gasteiger partial charge in [-0.3, -0.25) is 0 Å². The van der Waals surface area contributed by atoms with Gasteiger partial charge in [0, 0.05) is 23.3 Å². The molecule has 0 bridgehead atoms. The smallest absolute Gasteiger partial charge is 0.207 e. The van der Waals surface area contributed by atoms with Crippen molar-refractivity contribution in [2.24, 2.45) is 0 Å². The van der Waals surface area contributed by atoms with Gasteiger partial charge in [0.25, 0.3) is 0 Å². The molecule has 98 valence electrons. The van der Waals surface area contributed by atoms with Crippen LogP contribution in [0.25, 0.3) is 0 Å². The van der Waals surface area contributed by atoms with Crippen molar-refractivity contribution in [1.29, 1.82) is 0 Å². The molecule has 0 aliphatic rings. The minimum atomic E-state index is -3.49. The summed E-state index contributed by atoms with van der Waals surface area (Å²) in [6.07, 6.45) is 0. The van der Waals surface area contributed by atoms with E-state index in [0.717, 1.165) is 8.66 Å². The number of rotatable bonds is 4. The van der Waals surface area contributed by atoms with E-state index in [4.69, 9.17) is 11.6 Å². The maximum absolute atomic E-state index is 12.4. The van der Waals surface area contributed by atoms with Gasteiger partial charge in [0.05, 0.1) is 8.68 Å².